The van der Waals surface area contributed by atoms with Crippen molar-refractivity contribution in [1.29, 1.82) is 0 Å². The minimum atomic E-state index is -0.337. The molecule has 0 fully saturated rings. The molecule has 0 aliphatic heterocycles. The molecule has 7 heteroatoms. The van der Waals surface area contributed by atoms with Gasteiger partial charge in [-0.25, -0.2) is 0 Å². The van der Waals surface area contributed by atoms with E-state index >= 15 is 0 Å². The molecule has 0 saturated carbocycles. The molecule has 1 amide bonds. The summed E-state index contributed by atoms with van der Waals surface area (Å²) in [5.41, 5.74) is 0. The third-order valence-corrected chi connectivity index (χ3v) is 2.93. The van der Waals surface area contributed by atoms with Crippen molar-refractivity contribution in [3.63, 3.8) is 0 Å². The maximum Gasteiger partial charge on any atom is 0.249 e. The molecule has 102 valence electrons. The van der Waals surface area contributed by atoms with Gasteiger partial charge in [-0.2, -0.15) is 4.98 Å². The van der Waals surface area contributed by atoms with Crippen molar-refractivity contribution < 1.29 is 9.21 Å². The Morgan fingerprint density at radius 1 is 1.40 bits per heavy atom. The Kier molecular flexibility index (Phi) is 3.08. The van der Waals surface area contributed by atoms with Gasteiger partial charge in [-0.1, -0.05) is 0 Å². The number of rotatable bonds is 4. The number of hydrogen-bond donors (Lipinski definition) is 2. The topological polar surface area (TPSA) is 88.7 Å². The Morgan fingerprint density at radius 2 is 2.20 bits per heavy atom. The average Bonchev–Trinajstić information content (AvgIpc) is 3.19. The number of aromatic nitrogens is 4. The van der Waals surface area contributed by atoms with Gasteiger partial charge in [-0.15, -0.1) is 5.10 Å². The number of aromatic amines is 1. The largest absolute Gasteiger partial charge is 0.461 e. The van der Waals surface area contributed by atoms with Crippen molar-refractivity contribution >= 4 is 11.9 Å². The summed E-state index contributed by atoms with van der Waals surface area (Å²) in [6.45, 7) is 1.80. The average molecular weight is 271 g/mol. The lowest BCUT2D eigenvalue weighted by Crippen LogP contribution is -2.23. The van der Waals surface area contributed by atoms with Gasteiger partial charge in [0.15, 0.2) is 11.6 Å². The van der Waals surface area contributed by atoms with Crippen molar-refractivity contribution in [3.05, 3.63) is 42.9 Å². The number of anilines is 1. The molecular formula is C13H13N5O2. The Balaban J connectivity index is 1.70. The fraction of sp³-hybridized carbons (Fsp3) is 0.154. The summed E-state index contributed by atoms with van der Waals surface area (Å²) in [5, 5.41) is 9.31. The number of carbonyl (C=O) groups excluding carboxylic acids is 1. The summed E-state index contributed by atoms with van der Waals surface area (Å²) in [6, 6.07) is 6.91. The van der Waals surface area contributed by atoms with Gasteiger partial charge in [0.1, 0.15) is 6.04 Å². The number of nitrogens with one attached hydrogen (secondary N) is 2. The summed E-state index contributed by atoms with van der Waals surface area (Å²) < 4.78 is 6.99. The van der Waals surface area contributed by atoms with Crippen LogP contribution in [-0.2, 0) is 4.79 Å². The van der Waals surface area contributed by atoms with E-state index in [0.717, 1.165) is 0 Å². The van der Waals surface area contributed by atoms with Gasteiger partial charge < -0.3 is 8.98 Å². The van der Waals surface area contributed by atoms with Crippen molar-refractivity contribution in [2.24, 2.45) is 0 Å². The standard InChI is InChI=1S/C13H13N5O2/c1-9(18-6-2-3-7-18)12(19)15-13-14-11(16-17-13)10-5-4-8-20-10/h2-9H,1H3,(H2,14,15,16,17,19)/t9-/m1/s1. The number of furan rings is 1. The maximum atomic E-state index is 12.1. The molecular weight excluding hydrogens is 258 g/mol. The van der Waals surface area contributed by atoms with E-state index in [4.69, 9.17) is 4.42 Å². The smallest absolute Gasteiger partial charge is 0.249 e. The third-order valence-electron chi connectivity index (χ3n) is 2.93. The highest BCUT2D eigenvalue weighted by molar-refractivity contribution is 5.92. The molecule has 20 heavy (non-hydrogen) atoms. The fourth-order valence-corrected chi connectivity index (χ4v) is 1.80. The lowest BCUT2D eigenvalue weighted by molar-refractivity contribution is -0.118. The number of nitrogens with zero attached hydrogens (tertiary/aromatic N) is 3. The van der Waals surface area contributed by atoms with Crippen molar-refractivity contribution in [2.45, 2.75) is 13.0 Å². The summed E-state index contributed by atoms with van der Waals surface area (Å²) in [5.74, 6) is 1.07. The van der Waals surface area contributed by atoms with Crippen molar-refractivity contribution in [3.8, 4) is 11.6 Å². The molecule has 0 saturated heterocycles. The first-order valence-electron chi connectivity index (χ1n) is 6.13. The SMILES string of the molecule is C[C@H](C(=O)Nc1n[nH]c(-c2ccco2)n1)n1cccc1. The highest BCUT2D eigenvalue weighted by Crippen LogP contribution is 2.16. The number of hydrogen-bond acceptors (Lipinski definition) is 4. The molecule has 0 spiro atoms. The van der Waals surface area contributed by atoms with Gasteiger partial charge >= 0.3 is 0 Å². The molecule has 3 aromatic rings. The molecule has 0 aliphatic rings. The van der Waals surface area contributed by atoms with Gasteiger partial charge in [0.2, 0.25) is 11.9 Å². The maximum absolute atomic E-state index is 12.1. The molecule has 3 aromatic heterocycles. The molecule has 3 rings (SSSR count). The number of amides is 1. The highest BCUT2D eigenvalue weighted by atomic mass is 16.3. The number of carbonyl (C=O) groups is 1. The molecule has 7 nitrogen and oxygen atoms in total. The van der Waals surface area contributed by atoms with Crippen LogP contribution >= 0.6 is 0 Å². The number of H-pyrrole nitrogens is 1. The van der Waals surface area contributed by atoms with E-state index < -0.39 is 0 Å². The van der Waals surface area contributed by atoms with Gasteiger partial charge in [-0.3, -0.25) is 15.2 Å². The second-order valence-corrected chi connectivity index (χ2v) is 4.28. The van der Waals surface area contributed by atoms with Gasteiger partial charge in [-0.05, 0) is 31.2 Å². The summed E-state index contributed by atoms with van der Waals surface area (Å²) in [4.78, 5) is 16.2. The first kappa shape index (κ1) is 12.2. The van der Waals surface area contributed by atoms with E-state index in [0.29, 0.717) is 11.6 Å². The summed E-state index contributed by atoms with van der Waals surface area (Å²) >= 11 is 0. The lowest BCUT2D eigenvalue weighted by Gasteiger charge is -2.11. The van der Waals surface area contributed by atoms with Crippen molar-refractivity contribution in [1.82, 2.24) is 19.7 Å². The second kappa shape index (κ2) is 5.04. The monoisotopic (exact) mass is 271 g/mol. The van der Waals surface area contributed by atoms with E-state index in [1.165, 1.54) is 0 Å². The highest BCUT2D eigenvalue weighted by Gasteiger charge is 2.16. The predicted molar refractivity (Wildman–Crippen MR) is 71.9 cm³/mol. The normalized spacial score (nSPS) is 12.2. The van der Waals surface area contributed by atoms with Crippen LogP contribution in [0.3, 0.4) is 0 Å². The second-order valence-electron chi connectivity index (χ2n) is 4.28. The molecule has 0 aliphatic carbocycles. The van der Waals surface area contributed by atoms with Gasteiger partial charge in [0, 0.05) is 12.4 Å². The first-order chi connectivity index (χ1) is 9.74. The van der Waals surface area contributed by atoms with Gasteiger partial charge in [0.25, 0.3) is 0 Å². The molecule has 0 bridgehead atoms. The van der Waals surface area contributed by atoms with E-state index in [-0.39, 0.29) is 17.9 Å². The van der Waals surface area contributed by atoms with Crippen LogP contribution in [0.15, 0.2) is 47.3 Å². The first-order valence-corrected chi connectivity index (χ1v) is 6.13. The zero-order chi connectivity index (χ0) is 13.9. The fourth-order valence-electron chi connectivity index (χ4n) is 1.80. The molecule has 0 aromatic carbocycles. The quantitative estimate of drug-likeness (QED) is 0.760. The Bertz CT molecular complexity index is 684. The van der Waals surface area contributed by atoms with E-state index in [1.54, 1.807) is 29.9 Å². The molecule has 1 atom stereocenters. The predicted octanol–water partition coefficient (Wildman–Crippen LogP) is 2.07. The Labute approximate surface area is 114 Å². The van der Waals surface area contributed by atoms with Crippen LogP contribution in [0.1, 0.15) is 13.0 Å². The van der Waals surface area contributed by atoms with E-state index in [1.807, 2.05) is 24.5 Å². The van der Waals surface area contributed by atoms with Crippen LogP contribution in [0.4, 0.5) is 5.95 Å². The van der Waals surface area contributed by atoms with Crippen molar-refractivity contribution in [2.75, 3.05) is 5.32 Å². The molecule has 3 heterocycles. The van der Waals surface area contributed by atoms with Crippen LogP contribution < -0.4 is 5.32 Å². The van der Waals surface area contributed by atoms with E-state index in [9.17, 15) is 4.79 Å². The Hall–Kier alpha value is -2.83. The van der Waals surface area contributed by atoms with Crippen LogP contribution in [0.5, 0.6) is 0 Å². The minimum absolute atomic E-state index is 0.189. The zero-order valence-corrected chi connectivity index (χ0v) is 10.8. The summed E-state index contributed by atoms with van der Waals surface area (Å²) in [7, 11) is 0. The molecule has 2 N–H and O–H groups in total. The molecule has 0 radical (unpaired) electrons. The van der Waals surface area contributed by atoms with Crippen LogP contribution in [0.25, 0.3) is 11.6 Å². The van der Waals surface area contributed by atoms with Gasteiger partial charge in [0.05, 0.1) is 6.26 Å². The van der Waals surface area contributed by atoms with E-state index in [2.05, 4.69) is 20.5 Å². The van der Waals surface area contributed by atoms with Crippen LogP contribution in [0, 0.1) is 0 Å². The molecule has 0 unspecified atom stereocenters. The Morgan fingerprint density at radius 3 is 2.90 bits per heavy atom. The zero-order valence-electron chi connectivity index (χ0n) is 10.8. The third kappa shape index (κ3) is 2.33. The summed E-state index contributed by atoms with van der Waals surface area (Å²) in [6.07, 6.45) is 5.21. The van der Waals surface area contributed by atoms with Crippen LogP contribution in [-0.4, -0.2) is 25.7 Å². The minimum Gasteiger partial charge on any atom is -0.461 e. The lowest BCUT2D eigenvalue weighted by atomic mass is 10.3. The van der Waals surface area contributed by atoms with Crippen LogP contribution in [0.2, 0.25) is 0 Å².